The maximum Gasteiger partial charge on any atom is 0.265 e. The van der Waals surface area contributed by atoms with Gasteiger partial charge in [-0.15, -0.1) is 0 Å². The van der Waals surface area contributed by atoms with Crippen LogP contribution in [0, 0.1) is 0 Å². The molecule has 0 saturated heterocycles. The van der Waals surface area contributed by atoms with Crippen molar-refractivity contribution in [2.75, 3.05) is 30.3 Å². The summed E-state index contributed by atoms with van der Waals surface area (Å²) >= 11 is 0. The summed E-state index contributed by atoms with van der Waals surface area (Å²) in [5, 5.41) is 4.14. The number of carbonyl (C=O) groups excluding carboxylic acids is 2. The van der Waals surface area contributed by atoms with Crippen LogP contribution in [0.2, 0.25) is 0 Å². The van der Waals surface area contributed by atoms with E-state index in [1.165, 1.54) is 4.90 Å². The molecule has 1 aliphatic heterocycles. The van der Waals surface area contributed by atoms with Gasteiger partial charge in [0.25, 0.3) is 15.9 Å². The number of nitrogens with zero attached hydrogens (tertiary/aromatic N) is 2. The molecule has 4 rings (SSSR count). The molecule has 0 spiro atoms. The Morgan fingerprint density at radius 1 is 0.966 bits per heavy atom. The Morgan fingerprint density at radius 3 is 2.28 bits per heavy atom. The van der Waals surface area contributed by atoms with Crippen LogP contribution in [0.5, 0.6) is 0 Å². The maximum absolute atomic E-state index is 12.9. The molecule has 7 nitrogen and oxygen atoms in total. The molecule has 2 amide bonds. The Kier molecular flexibility index (Phi) is 4.50. The zero-order valence-corrected chi connectivity index (χ0v) is 16.7. The van der Waals surface area contributed by atoms with E-state index in [2.05, 4.69) is 5.32 Å². The van der Waals surface area contributed by atoms with Crippen molar-refractivity contribution < 1.29 is 18.0 Å². The van der Waals surface area contributed by atoms with Crippen molar-refractivity contribution in [2.24, 2.45) is 0 Å². The molecule has 0 aliphatic carbocycles. The highest BCUT2D eigenvalue weighted by Gasteiger charge is 2.36. The Hall–Kier alpha value is -3.39. The van der Waals surface area contributed by atoms with E-state index in [9.17, 15) is 18.0 Å². The lowest BCUT2D eigenvalue weighted by atomic mass is 10.1. The van der Waals surface area contributed by atoms with Crippen LogP contribution in [0.25, 0.3) is 10.8 Å². The van der Waals surface area contributed by atoms with Gasteiger partial charge >= 0.3 is 0 Å². The zero-order valence-electron chi connectivity index (χ0n) is 15.9. The number of nitrogens with one attached hydrogen (secondary N) is 1. The number of sulfonamides is 1. The Labute approximate surface area is 168 Å². The molecule has 0 fully saturated rings. The molecular formula is C21H19N3O4S. The highest BCUT2D eigenvalue weighted by atomic mass is 32.2. The van der Waals surface area contributed by atoms with E-state index >= 15 is 0 Å². The fraction of sp³-hybridized carbons (Fsp3) is 0.143. The summed E-state index contributed by atoms with van der Waals surface area (Å²) < 4.78 is 27.0. The summed E-state index contributed by atoms with van der Waals surface area (Å²) in [6.45, 7) is -0.339. The molecule has 0 radical (unpaired) electrons. The second-order valence-corrected chi connectivity index (χ2v) is 8.80. The average Bonchev–Trinajstić information content (AvgIpc) is 2.91. The molecule has 0 atom stereocenters. The molecule has 8 heteroatoms. The van der Waals surface area contributed by atoms with Gasteiger partial charge in [0.1, 0.15) is 6.54 Å². The van der Waals surface area contributed by atoms with Crippen LogP contribution in [-0.2, 0) is 14.8 Å². The van der Waals surface area contributed by atoms with E-state index < -0.39 is 15.9 Å². The van der Waals surface area contributed by atoms with E-state index in [1.807, 2.05) is 12.1 Å². The van der Waals surface area contributed by atoms with Crippen molar-refractivity contribution in [1.82, 2.24) is 4.90 Å². The van der Waals surface area contributed by atoms with Crippen molar-refractivity contribution in [3.63, 3.8) is 0 Å². The molecule has 29 heavy (non-hydrogen) atoms. The molecule has 1 aliphatic rings. The summed E-state index contributed by atoms with van der Waals surface area (Å²) in [5.74, 6) is -0.609. The van der Waals surface area contributed by atoms with E-state index in [1.54, 1.807) is 62.6 Å². The third-order valence-electron chi connectivity index (χ3n) is 4.79. The van der Waals surface area contributed by atoms with Gasteiger partial charge in [0.2, 0.25) is 5.91 Å². The van der Waals surface area contributed by atoms with Crippen molar-refractivity contribution in [3.05, 3.63) is 66.2 Å². The quantitative estimate of drug-likeness (QED) is 0.718. The summed E-state index contributed by atoms with van der Waals surface area (Å²) in [6.07, 6.45) is 0. The first-order valence-electron chi connectivity index (χ1n) is 8.95. The number of anilines is 2. The van der Waals surface area contributed by atoms with Gasteiger partial charge in [0.05, 0.1) is 10.6 Å². The van der Waals surface area contributed by atoms with Crippen LogP contribution >= 0.6 is 0 Å². The normalized spacial score (nSPS) is 14.1. The van der Waals surface area contributed by atoms with Gasteiger partial charge in [-0.25, -0.2) is 8.42 Å². The van der Waals surface area contributed by atoms with Crippen LogP contribution in [0.3, 0.4) is 0 Å². The summed E-state index contributed by atoms with van der Waals surface area (Å²) in [4.78, 5) is 26.2. The molecule has 0 unspecified atom stereocenters. The predicted octanol–water partition coefficient (Wildman–Crippen LogP) is 2.69. The number of hydrogen-bond acceptors (Lipinski definition) is 4. The minimum Gasteiger partial charge on any atom is -0.345 e. The number of carbonyl (C=O) groups is 2. The summed E-state index contributed by atoms with van der Waals surface area (Å²) in [6, 6.07) is 16.9. The van der Waals surface area contributed by atoms with Gasteiger partial charge in [-0.2, -0.15) is 0 Å². The van der Waals surface area contributed by atoms with Gasteiger partial charge in [-0.3, -0.25) is 13.9 Å². The number of hydrogen-bond donors (Lipinski definition) is 1. The first kappa shape index (κ1) is 18.9. The molecule has 1 heterocycles. The Bertz CT molecular complexity index is 1230. The average molecular weight is 409 g/mol. The van der Waals surface area contributed by atoms with Gasteiger partial charge in [-0.05, 0) is 41.8 Å². The van der Waals surface area contributed by atoms with Gasteiger partial charge in [0.15, 0.2) is 0 Å². The number of benzene rings is 3. The van der Waals surface area contributed by atoms with Crippen molar-refractivity contribution >= 4 is 44.0 Å². The molecule has 0 saturated carbocycles. The summed E-state index contributed by atoms with van der Waals surface area (Å²) in [5.41, 5.74) is 1.48. The highest BCUT2D eigenvalue weighted by Crippen LogP contribution is 2.41. The lowest BCUT2D eigenvalue weighted by molar-refractivity contribution is -0.114. The molecule has 0 bridgehead atoms. The van der Waals surface area contributed by atoms with Crippen molar-refractivity contribution in [2.45, 2.75) is 4.90 Å². The van der Waals surface area contributed by atoms with Crippen LogP contribution in [0.1, 0.15) is 10.4 Å². The van der Waals surface area contributed by atoms with Crippen molar-refractivity contribution in [3.8, 4) is 0 Å². The van der Waals surface area contributed by atoms with E-state index in [0.29, 0.717) is 22.3 Å². The number of rotatable bonds is 4. The van der Waals surface area contributed by atoms with Crippen LogP contribution in [0.4, 0.5) is 11.4 Å². The Morgan fingerprint density at radius 2 is 1.62 bits per heavy atom. The van der Waals surface area contributed by atoms with Gasteiger partial charge in [-0.1, -0.05) is 24.3 Å². The van der Waals surface area contributed by atoms with Crippen LogP contribution < -0.4 is 9.62 Å². The second kappa shape index (κ2) is 6.89. The fourth-order valence-corrected chi connectivity index (χ4v) is 5.08. The minimum atomic E-state index is -3.79. The van der Waals surface area contributed by atoms with E-state index in [0.717, 1.165) is 9.69 Å². The van der Waals surface area contributed by atoms with Crippen LogP contribution in [0.15, 0.2) is 65.6 Å². The standard InChI is InChI=1S/C21H19N3O4S/c1-23(2)21(26)15-9-11-16(12-10-15)22-19(25)13-24-17-7-3-5-14-6-4-8-18(20(14)17)29(24,27)28/h3-12H,13H2,1-2H3,(H,22,25). The molecule has 148 valence electrons. The largest absolute Gasteiger partial charge is 0.345 e. The molecule has 3 aromatic carbocycles. The lowest BCUT2D eigenvalue weighted by Crippen LogP contribution is -2.35. The molecule has 0 aromatic heterocycles. The second-order valence-electron chi connectivity index (χ2n) is 6.97. The van der Waals surface area contributed by atoms with E-state index in [-0.39, 0.29) is 17.3 Å². The first-order valence-corrected chi connectivity index (χ1v) is 10.4. The van der Waals surface area contributed by atoms with Crippen LogP contribution in [-0.4, -0.2) is 45.8 Å². The third-order valence-corrected chi connectivity index (χ3v) is 6.59. The highest BCUT2D eigenvalue weighted by molar-refractivity contribution is 7.93. The monoisotopic (exact) mass is 409 g/mol. The van der Waals surface area contributed by atoms with Crippen molar-refractivity contribution in [1.29, 1.82) is 0 Å². The minimum absolute atomic E-state index is 0.142. The zero-order chi connectivity index (χ0) is 20.8. The maximum atomic E-state index is 12.9. The predicted molar refractivity (Wildman–Crippen MR) is 112 cm³/mol. The number of amides is 2. The summed E-state index contributed by atoms with van der Waals surface area (Å²) in [7, 11) is -0.471. The van der Waals surface area contributed by atoms with Gasteiger partial charge < -0.3 is 10.2 Å². The fourth-order valence-electron chi connectivity index (χ4n) is 3.41. The molecular weight excluding hydrogens is 390 g/mol. The lowest BCUT2D eigenvalue weighted by Gasteiger charge is -2.18. The SMILES string of the molecule is CN(C)C(=O)c1ccc(NC(=O)CN2c3cccc4cccc(c34)S2(=O)=O)cc1. The van der Waals surface area contributed by atoms with E-state index in [4.69, 9.17) is 0 Å². The topological polar surface area (TPSA) is 86.8 Å². The molecule has 1 N–H and O–H groups in total. The smallest absolute Gasteiger partial charge is 0.265 e. The van der Waals surface area contributed by atoms with Gasteiger partial charge in [0, 0.05) is 30.7 Å². The first-order chi connectivity index (χ1) is 13.8. The Balaban J connectivity index is 1.55. The molecule has 3 aromatic rings. The third kappa shape index (κ3) is 3.21.